The molecule has 0 amide bonds. The van der Waals surface area contributed by atoms with Crippen molar-refractivity contribution in [1.29, 1.82) is 0 Å². The van der Waals surface area contributed by atoms with E-state index in [2.05, 4.69) is 19.9 Å². The zero-order valence-electron chi connectivity index (χ0n) is 10.1. The topological polar surface area (TPSA) is 31.6 Å². The summed E-state index contributed by atoms with van der Waals surface area (Å²) in [7, 11) is -0.248. The van der Waals surface area contributed by atoms with Crippen LogP contribution in [-0.4, -0.2) is 20.3 Å². The monoisotopic (exact) mass is 230 g/mol. The number of hydrogen-bond acceptors (Lipinski definition) is 3. The highest BCUT2D eigenvalue weighted by Crippen LogP contribution is 2.22. The predicted molar refractivity (Wildman–Crippen MR) is 67.3 cm³/mol. The van der Waals surface area contributed by atoms with Gasteiger partial charge in [0.25, 0.3) is 0 Å². The average molecular weight is 230 g/mol. The Morgan fingerprint density at radius 2 is 1.88 bits per heavy atom. The molecule has 1 aromatic heterocycles. The molecule has 1 fully saturated rings. The van der Waals surface area contributed by atoms with Gasteiger partial charge >= 0.3 is 7.12 Å². The van der Waals surface area contributed by atoms with Crippen molar-refractivity contribution >= 4 is 23.6 Å². The molecule has 1 aromatic carbocycles. The van der Waals surface area contributed by atoms with Gasteiger partial charge in [0.05, 0.1) is 6.26 Å². The molecule has 0 saturated carbocycles. The van der Waals surface area contributed by atoms with Gasteiger partial charge in [-0.1, -0.05) is 26.0 Å². The first kappa shape index (κ1) is 10.9. The van der Waals surface area contributed by atoms with Gasteiger partial charge in [-0.2, -0.15) is 0 Å². The van der Waals surface area contributed by atoms with E-state index in [9.17, 15) is 0 Å². The van der Waals surface area contributed by atoms with Gasteiger partial charge < -0.3 is 13.7 Å². The molecular formula is C13H15BO3. The van der Waals surface area contributed by atoms with Crippen LogP contribution in [0.15, 0.2) is 34.9 Å². The second kappa shape index (κ2) is 3.89. The highest BCUT2D eigenvalue weighted by molar-refractivity contribution is 6.61. The Bertz CT molecular complexity index is 522. The Hall–Kier alpha value is -1.26. The zero-order chi connectivity index (χ0) is 11.9. The Morgan fingerprint density at radius 3 is 2.65 bits per heavy atom. The highest BCUT2D eigenvalue weighted by atomic mass is 16.6. The molecule has 2 aromatic rings. The molecule has 1 saturated heterocycles. The summed E-state index contributed by atoms with van der Waals surface area (Å²) < 4.78 is 16.8. The molecule has 3 rings (SSSR count). The summed E-state index contributed by atoms with van der Waals surface area (Å²) in [5.41, 5.74) is 2.05. The molecule has 88 valence electrons. The molecular weight excluding hydrogens is 215 g/mol. The quantitative estimate of drug-likeness (QED) is 0.704. The number of fused-ring (bicyclic) bond motifs is 1. The van der Waals surface area contributed by atoms with Crippen LogP contribution < -0.4 is 5.46 Å². The minimum absolute atomic E-state index is 0.107. The minimum atomic E-state index is -0.248. The SMILES string of the molecule is CC1(C)COB(c2ccc3occc3c2)OC1. The minimum Gasteiger partial charge on any atom is -0.464 e. The van der Waals surface area contributed by atoms with E-state index in [1.54, 1.807) is 6.26 Å². The molecule has 17 heavy (non-hydrogen) atoms. The van der Waals surface area contributed by atoms with Crippen molar-refractivity contribution in [2.24, 2.45) is 5.41 Å². The third-order valence-electron chi connectivity index (χ3n) is 3.00. The number of benzene rings is 1. The molecule has 0 aliphatic carbocycles. The molecule has 2 heterocycles. The van der Waals surface area contributed by atoms with Crippen molar-refractivity contribution in [2.45, 2.75) is 13.8 Å². The van der Waals surface area contributed by atoms with Gasteiger partial charge in [-0.3, -0.25) is 0 Å². The Morgan fingerprint density at radius 1 is 1.12 bits per heavy atom. The van der Waals surface area contributed by atoms with Crippen LogP contribution in [0, 0.1) is 5.41 Å². The number of furan rings is 1. The summed E-state index contributed by atoms with van der Waals surface area (Å²) in [4.78, 5) is 0. The van der Waals surface area contributed by atoms with Crippen molar-refractivity contribution in [1.82, 2.24) is 0 Å². The van der Waals surface area contributed by atoms with E-state index in [4.69, 9.17) is 13.7 Å². The number of rotatable bonds is 1. The van der Waals surface area contributed by atoms with Gasteiger partial charge in [0.2, 0.25) is 0 Å². The van der Waals surface area contributed by atoms with Crippen LogP contribution in [0.25, 0.3) is 11.0 Å². The smallest absolute Gasteiger partial charge is 0.464 e. The normalized spacial score (nSPS) is 19.8. The van der Waals surface area contributed by atoms with E-state index in [1.807, 2.05) is 18.2 Å². The maximum atomic E-state index is 5.75. The van der Waals surface area contributed by atoms with Crippen molar-refractivity contribution in [2.75, 3.05) is 13.2 Å². The first-order chi connectivity index (χ1) is 8.14. The Labute approximate surface area is 101 Å². The molecule has 1 aliphatic heterocycles. The van der Waals surface area contributed by atoms with Gasteiger partial charge in [0, 0.05) is 24.0 Å². The first-order valence-electron chi connectivity index (χ1n) is 5.84. The third kappa shape index (κ3) is 2.10. The molecule has 0 bridgehead atoms. The molecule has 1 aliphatic rings. The van der Waals surface area contributed by atoms with E-state index in [0.717, 1.165) is 29.6 Å². The predicted octanol–water partition coefficient (Wildman–Crippen LogP) is 2.20. The van der Waals surface area contributed by atoms with Crippen LogP contribution in [0.4, 0.5) is 0 Å². The fourth-order valence-corrected chi connectivity index (χ4v) is 2.02. The largest absolute Gasteiger partial charge is 0.493 e. The van der Waals surface area contributed by atoms with Crippen molar-refractivity contribution in [3.63, 3.8) is 0 Å². The summed E-state index contributed by atoms with van der Waals surface area (Å²) in [5.74, 6) is 0. The fourth-order valence-electron chi connectivity index (χ4n) is 2.02. The van der Waals surface area contributed by atoms with Gasteiger partial charge in [-0.15, -0.1) is 0 Å². The van der Waals surface area contributed by atoms with Crippen LogP contribution in [0.2, 0.25) is 0 Å². The maximum Gasteiger partial charge on any atom is 0.493 e. The van der Waals surface area contributed by atoms with Crippen molar-refractivity contribution < 1.29 is 13.7 Å². The van der Waals surface area contributed by atoms with E-state index >= 15 is 0 Å². The first-order valence-corrected chi connectivity index (χ1v) is 5.84. The second-order valence-electron chi connectivity index (χ2n) is 5.34. The lowest BCUT2D eigenvalue weighted by molar-refractivity contribution is 0.0343. The van der Waals surface area contributed by atoms with Crippen molar-refractivity contribution in [3.8, 4) is 0 Å². The average Bonchev–Trinajstić information content (AvgIpc) is 2.76. The Balaban J connectivity index is 1.84. The van der Waals surface area contributed by atoms with Crippen LogP contribution in [0.3, 0.4) is 0 Å². The molecule has 4 heteroatoms. The van der Waals surface area contributed by atoms with Gasteiger partial charge in [0.1, 0.15) is 5.58 Å². The van der Waals surface area contributed by atoms with Crippen LogP contribution in [0.1, 0.15) is 13.8 Å². The molecule has 0 unspecified atom stereocenters. The summed E-state index contributed by atoms with van der Waals surface area (Å²) in [6.07, 6.45) is 1.69. The van der Waals surface area contributed by atoms with E-state index in [-0.39, 0.29) is 12.5 Å². The van der Waals surface area contributed by atoms with E-state index < -0.39 is 0 Å². The second-order valence-corrected chi connectivity index (χ2v) is 5.34. The Kier molecular flexibility index (Phi) is 2.49. The van der Waals surface area contributed by atoms with E-state index in [1.165, 1.54) is 0 Å². The lowest BCUT2D eigenvalue weighted by atomic mass is 9.75. The highest BCUT2D eigenvalue weighted by Gasteiger charge is 2.33. The molecule has 0 N–H and O–H groups in total. The third-order valence-corrected chi connectivity index (χ3v) is 3.00. The fraction of sp³-hybridized carbons (Fsp3) is 0.385. The summed E-state index contributed by atoms with van der Waals surface area (Å²) in [6.45, 7) is 5.73. The van der Waals surface area contributed by atoms with Gasteiger partial charge in [0.15, 0.2) is 0 Å². The summed E-state index contributed by atoms with van der Waals surface area (Å²) in [6, 6.07) is 7.96. The van der Waals surface area contributed by atoms with Crippen LogP contribution in [-0.2, 0) is 9.31 Å². The summed E-state index contributed by atoms with van der Waals surface area (Å²) >= 11 is 0. The van der Waals surface area contributed by atoms with E-state index in [0.29, 0.717) is 0 Å². The molecule has 0 radical (unpaired) electrons. The zero-order valence-corrected chi connectivity index (χ0v) is 10.1. The van der Waals surface area contributed by atoms with Gasteiger partial charge in [-0.05, 0) is 17.6 Å². The molecule has 3 nitrogen and oxygen atoms in total. The maximum absolute atomic E-state index is 5.75. The number of hydrogen-bond donors (Lipinski definition) is 0. The lowest BCUT2D eigenvalue weighted by Gasteiger charge is -2.33. The van der Waals surface area contributed by atoms with Crippen LogP contribution >= 0.6 is 0 Å². The molecule has 0 spiro atoms. The molecule has 0 atom stereocenters. The standard InChI is InChI=1S/C13H15BO3/c1-13(2)8-16-14(17-9-13)11-3-4-12-10(7-11)5-6-15-12/h3-7H,8-9H2,1-2H3. The van der Waals surface area contributed by atoms with Crippen LogP contribution in [0.5, 0.6) is 0 Å². The lowest BCUT2D eigenvalue weighted by Crippen LogP contribution is -2.47. The summed E-state index contributed by atoms with van der Waals surface area (Å²) in [5, 5.41) is 1.08. The van der Waals surface area contributed by atoms with Crippen molar-refractivity contribution in [3.05, 3.63) is 30.5 Å². The van der Waals surface area contributed by atoms with Gasteiger partial charge in [-0.25, -0.2) is 0 Å².